The predicted molar refractivity (Wildman–Crippen MR) is 99.2 cm³/mol. The van der Waals surface area contributed by atoms with E-state index >= 15 is 0 Å². The maximum atomic E-state index is 10.5. The Morgan fingerprint density at radius 3 is 2.65 bits per heavy atom. The lowest BCUT2D eigenvalue weighted by Crippen LogP contribution is -2.25. The van der Waals surface area contributed by atoms with Crippen LogP contribution >= 0.6 is 0 Å². The maximum absolute atomic E-state index is 10.5. The molecule has 0 saturated heterocycles. The van der Waals surface area contributed by atoms with Gasteiger partial charge in [0, 0.05) is 6.42 Å². The second kappa shape index (κ2) is 6.65. The first-order chi connectivity index (χ1) is 11.0. The molecular weight excluding hydrogens is 280 g/mol. The van der Waals surface area contributed by atoms with Crippen LogP contribution in [0.5, 0.6) is 0 Å². The van der Waals surface area contributed by atoms with E-state index in [1.807, 2.05) is 6.92 Å². The summed E-state index contributed by atoms with van der Waals surface area (Å²) >= 11 is 0. The fourth-order valence-electron chi connectivity index (χ4n) is 4.17. The van der Waals surface area contributed by atoms with Crippen molar-refractivity contribution in [3.05, 3.63) is 46.5 Å². The van der Waals surface area contributed by atoms with Crippen LogP contribution in [0.1, 0.15) is 68.2 Å². The Bertz CT molecular complexity index is 697. The second-order valence-electron chi connectivity index (χ2n) is 7.64. The number of benzene rings is 2. The van der Waals surface area contributed by atoms with Crippen LogP contribution in [-0.2, 0) is 19.3 Å². The predicted octanol–water partition coefficient (Wildman–Crippen LogP) is 5.51. The maximum Gasteiger partial charge on any atom is 0.0660 e. The normalized spacial score (nSPS) is 21.2. The molecule has 1 aliphatic rings. The molecule has 0 heterocycles. The lowest BCUT2D eigenvalue weighted by atomic mass is 9.88. The third-order valence-corrected chi connectivity index (χ3v) is 5.50. The molecule has 2 aromatic carbocycles. The Kier molecular flexibility index (Phi) is 4.77. The van der Waals surface area contributed by atoms with Crippen molar-refractivity contribution < 1.29 is 5.11 Å². The van der Waals surface area contributed by atoms with Gasteiger partial charge in [-0.15, -0.1) is 0 Å². The van der Waals surface area contributed by atoms with Crippen LogP contribution in [-0.4, -0.2) is 10.7 Å². The SMILES string of the molecule is CCCCCc1c(C)ccc2c3c(ccc12)CC(C)(O)CCC3. The molecule has 0 amide bonds. The van der Waals surface area contributed by atoms with Crippen molar-refractivity contribution in [1.82, 2.24) is 0 Å². The molecule has 0 aliphatic heterocycles. The highest BCUT2D eigenvalue weighted by molar-refractivity contribution is 5.90. The largest absolute Gasteiger partial charge is 0.390 e. The van der Waals surface area contributed by atoms with Gasteiger partial charge in [-0.3, -0.25) is 0 Å². The molecule has 0 radical (unpaired) electrons. The summed E-state index contributed by atoms with van der Waals surface area (Å²) in [5.41, 5.74) is 5.25. The molecule has 0 saturated carbocycles. The third-order valence-electron chi connectivity index (χ3n) is 5.50. The minimum absolute atomic E-state index is 0.548. The molecule has 124 valence electrons. The molecule has 0 fully saturated rings. The first kappa shape index (κ1) is 16.5. The summed E-state index contributed by atoms with van der Waals surface area (Å²) in [5.74, 6) is 0. The molecule has 1 atom stereocenters. The van der Waals surface area contributed by atoms with Crippen molar-refractivity contribution in [2.75, 3.05) is 0 Å². The van der Waals surface area contributed by atoms with E-state index in [1.54, 1.807) is 0 Å². The van der Waals surface area contributed by atoms with Crippen LogP contribution in [0.2, 0.25) is 0 Å². The highest BCUT2D eigenvalue weighted by Gasteiger charge is 2.26. The van der Waals surface area contributed by atoms with Crippen LogP contribution in [0, 0.1) is 6.92 Å². The number of unbranched alkanes of at least 4 members (excludes halogenated alkanes) is 2. The summed E-state index contributed by atoms with van der Waals surface area (Å²) in [6.07, 6.45) is 8.92. The Hall–Kier alpha value is -1.34. The summed E-state index contributed by atoms with van der Waals surface area (Å²) in [6.45, 7) is 6.50. The van der Waals surface area contributed by atoms with Gasteiger partial charge in [0.15, 0.2) is 0 Å². The summed E-state index contributed by atoms with van der Waals surface area (Å²) < 4.78 is 0. The molecule has 1 aliphatic carbocycles. The molecule has 3 rings (SSSR count). The average Bonchev–Trinajstić information content (AvgIpc) is 2.66. The number of fused-ring (bicyclic) bond motifs is 3. The van der Waals surface area contributed by atoms with Crippen molar-refractivity contribution >= 4 is 10.8 Å². The summed E-state index contributed by atoms with van der Waals surface area (Å²) in [5, 5.41) is 13.4. The number of aryl methyl sites for hydroxylation is 3. The standard InChI is InChI=1S/C22H30O/c1-4-5-6-8-18-16(2)10-12-21-19-9-7-14-22(3,23)15-17(19)11-13-20(18)21/h10-13,23H,4-9,14-15H2,1-3H3. The average molecular weight is 310 g/mol. The van der Waals surface area contributed by atoms with Crippen molar-refractivity contribution in [2.24, 2.45) is 0 Å². The van der Waals surface area contributed by atoms with Gasteiger partial charge in [-0.1, -0.05) is 44.0 Å². The van der Waals surface area contributed by atoms with E-state index in [4.69, 9.17) is 0 Å². The summed E-state index contributed by atoms with van der Waals surface area (Å²) in [6, 6.07) is 9.20. The molecule has 1 N–H and O–H groups in total. The van der Waals surface area contributed by atoms with Gasteiger partial charge in [0.2, 0.25) is 0 Å². The van der Waals surface area contributed by atoms with Gasteiger partial charge < -0.3 is 5.11 Å². The highest BCUT2D eigenvalue weighted by atomic mass is 16.3. The molecule has 0 bridgehead atoms. The monoisotopic (exact) mass is 310 g/mol. The number of rotatable bonds is 4. The molecule has 0 spiro atoms. The number of hydrogen-bond donors (Lipinski definition) is 1. The Morgan fingerprint density at radius 2 is 1.87 bits per heavy atom. The van der Waals surface area contributed by atoms with E-state index < -0.39 is 5.60 Å². The summed E-state index contributed by atoms with van der Waals surface area (Å²) in [4.78, 5) is 0. The fourth-order valence-corrected chi connectivity index (χ4v) is 4.17. The van der Waals surface area contributed by atoms with Gasteiger partial charge in [0.1, 0.15) is 0 Å². The van der Waals surface area contributed by atoms with Crippen LogP contribution in [0.15, 0.2) is 24.3 Å². The molecule has 1 heteroatoms. The van der Waals surface area contributed by atoms with Crippen LogP contribution in [0.3, 0.4) is 0 Å². The van der Waals surface area contributed by atoms with E-state index in [2.05, 4.69) is 38.1 Å². The van der Waals surface area contributed by atoms with E-state index in [0.717, 1.165) is 25.7 Å². The topological polar surface area (TPSA) is 20.2 Å². The van der Waals surface area contributed by atoms with Crippen LogP contribution < -0.4 is 0 Å². The molecule has 23 heavy (non-hydrogen) atoms. The summed E-state index contributed by atoms with van der Waals surface area (Å²) in [7, 11) is 0. The van der Waals surface area contributed by atoms with Gasteiger partial charge in [0.25, 0.3) is 0 Å². The zero-order valence-corrected chi connectivity index (χ0v) is 14.9. The molecule has 0 aromatic heterocycles. The minimum atomic E-state index is -0.548. The Labute approximate surface area is 140 Å². The van der Waals surface area contributed by atoms with Gasteiger partial charge in [-0.2, -0.15) is 0 Å². The quantitative estimate of drug-likeness (QED) is 0.583. The highest BCUT2D eigenvalue weighted by Crippen LogP contribution is 2.34. The fraction of sp³-hybridized carbons (Fsp3) is 0.545. The third kappa shape index (κ3) is 3.45. The molecular formula is C22H30O. The van der Waals surface area contributed by atoms with E-state index in [9.17, 15) is 5.11 Å². The van der Waals surface area contributed by atoms with Gasteiger partial charge >= 0.3 is 0 Å². The molecule has 1 nitrogen and oxygen atoms in total. The zero-order chi connectivity index (χ0) is 16.4. The number of aliphatic hydroxyl groups is 1. The van der Waals surface area contributed by atoms with E-state index in [-0.39, 0.29) is 0 Å². The Balaban J connectivity index is 2.07. The van der Waals surface area contributed by atoms with Crippen molar-refractivity contribution in [2.45, 2.75) is 77.7 Å². The number of hydrogen-bond acceptors (Lipinski definition) is 1. The first-order valence-electron chi connectivity index (χ1n) is 9.27. The lowest BCUT2D eigenvalue weighted by Gasteiger charge is -2.21. The van der Waals surface area contributed by atoms with E-state index in [0.29, 0.717) is 0 Å². The smallest absolute Gasteiger partial charge is 0.0660 e. The van der Waals surface area contributed by atoms with Crippen molar-refractivity contribution in [1.29, 1.82) is 0 Å². The van der Waals surface area contributed by atoms with Gasteiger partial charge in [-0.05, 0) is 79.0 Å². The van der Waals surface area contributed by atoms with E-state index in [1.165, 1.54) is 58.7 Å². The molecule has 2 aromatic rings. The van der Waals surface area contributed by atoms with Crippen molar-refractivity contribution in [3.63, 3.8) is 0 Å². The van der Waals surface area contributed by atoms with Crippen LogP contribution in [0.4, 0.5) is 0 Å². The Morgan fingerprint density at radius 1 is 1.09 bits per heavy atom. The molecule has 1 unspecified atom stereocenters. The van der Waals surface area contributed by atoms with Crippen molar-refractivity contribution in [3.8, 4) is 0 Å². The lowest BCUT2D eigenvalue weighted by molar-refractivity contribution is 0.0519. The minimum Gasteiger partial charge on any atom is -0.390 e. The van der Waals surface area contributed by atoms with Gasteiger partial charge in [0.05, 0.1) is 5.60 Å². The van der Waals surface area contributed by atoms with Crippen LogP contribution in [0.25, 0.3) is 10.8 Å². The second-order valence-corrected chi connectivity index (χ2v) is 7.64. The first-order valence-corrected chi connectivity index (χ1v) is 9.27. The van der Waals surface area contributed by atoms with Gasteiger partial charge in [-0.25, -0.2) is 0 Å². The zero-order valence-electron chi connectivity index (χ0n) is 14.9.